The van der Waals surface area contributed by atoms with Crippen molar-refractivity contribution in [3.63, 3.8) is 0 Å². The monoisotopic (exact) mass is 299 g/mol. The van der Waals surface area contributed by atoms with Crippen LogP contribution in [0.1, 0.15) is 29.2 Å². The van der Waals surface area contributed by atoms with Crippen molar-refractivity contribution in [2.24, 2.45) is 0 Å². The number of hydrogen-bond acceptors (Lipinski definition) is 7. The van der Waals surface area contributed by atoms with Gasteiger partial charge >= 0.3 is 5.97 Å². The maximum Gasteiger partial charge on any atom is 0.376 e. The van der Waals surface area contributed by atoms with E-state index in [0.29, 0.717) is 30.9 Å². The second kappa shape index (κ2) is 5.74. The molecule has 1 aliphatic rings. The summed E-state index contributed by atoms with van der Waals surface area (Å²) in [5.74, 6) is 0.0183. The van der Waals surface area contributed by atoms with Gasteiger partial charge in [-0.05, 0) is 19.8 Å². The second-order valence-corrected chi connectivity index (χ2v) is 7.12. The van der Waals surface area contributed by atoms with Crippen LogP contribution in [0.2, 0.25) is 0 Å². The Hall–Kier alpha value is -1.70. The Morgan fingerprint density at radius 1 is 1.50 bits per heavy atom. The molecular formula is C12H17N3O4S. The zero-order valence-electron chi connectivity index (χ0n) is 11.4. The first kappa shape index (κ1) is 14.7. The van der Waals surface area contributed by atoms with Gasteiger partial charge in [-0.2, -0.15) is 0 Å². The number of methoxy groups -OCH3 is 1. The third kappa shape index (κ3) is 3.24. The number of ether oxygens (including phenoxy) is 1. The quantitative estimate of drug-likeness (QED) is 0.811. The van der Waals surface area contributed by atoms with Crippen LogP contribution in [0.4, 0.5) is 5.82 Å². The Morgan fingerprint density at radius 3 is 2.85 bits per heavy atom. The molecule has 1 atom stereocenters. The normalized spacial score (nSPS) is 20.6. The zero-order chi connectivity index (χ0) is 14.8. The first-order chi connectivity index (χ1) is 9.42. The lowest BCUT2D eigenvalue weighted by Gasteiger charge is -2.12. The van der Waals surface area contributed by atoms with Gasteiger partial charge in [-0.1, -0.05) is 0 Å². The molecule has 2 heterocycles. The molecule has 1 aromatic heterocycles. The van der Waals surface area contributed by atoms with Crippen molar-refractivity contribution in [1.29, 1.82) is 0 Å². The van der Waals surface area contributed by atoms with Gasteiger partial charge in [0.2, 0.25) is 5.82 Å². The van der Waals surface area contributed by atoms with Gasteiger partial charge in [0.1, 0.15) is 5.82 Å². The third-order valence-corrected chi connectivity index (χ3v) is 5.47. The van der Waals surface area contributed by atoms with E-state index in [1.807, 2.05) is 0 Å². The van der Waals surface area contributed by atoms with Crippen LogP contribution in [-0.4, -0.2) is 49.0 Å². The highest BCUT2D eigenvalue weighted by Crippen LogP contribution is 2.20. The molecule has 0 radical (unpaired) electrons. The fraction of sp³-hybridized carbons (Fsp3) is 0.583. The molecule has 8 heteroatoms. The highest BCUT2D eigenvalue weighted by atomic mass is 32.2. The summed E-state index contributed by atoms with van der Waals surface area (Å²) in [6.07, 6.45) is 1.36. The van der Waals surface area contributed by atoms with Crippen molar-refractivity contribution < 1.29 is 17.9 Å². The van der Waals surface area contributed by atoms with Gasteiger partial charge in [0.15, 0.2) is 9.84 Å². The van der Waals surface area contributed by atoms with E-state index in [9.17, 15) is 13.2 Å². The maximum atomic E-state index is 11.7. The van der Waals surface area contributed by atoms with Crippen LogP contribution in [0.5, 0.6) is 0 Å². The summed E-state index contributed by atoms with van der Waals surface area (Å²) in [5, 5.41) is 2.57. The predicted octanol–water partition coefficient (Wildman–Crippen LogP) is 0.561. The summed E-state index contributed by atoms with van der Waals surface area (Å²) >= 11 is 0. The van der Waals surface area contributed by atoms with Gasteiger partial charge in [-0.3, -0.25) is 0 Å². The number of aryl methyl sites for hydroxylation is 1. The van der Waals surface area contributed by atoms with Gasteiger partial charge < -0.3 is 10.1 Å². The summed E-state index contributed by atoms with van der Waals surface area (Å²) in [6, 6.07) is 1.66. The highest BCUT2D eigenvalue weighted by molar-refractivity contribution is 7.92. The molecule has 0 amide bonds. The molecule has 0 saturated carbocycles. The number of hydrogen-bond donors (Lipinski definition) is 1. The average molecular weight is 299 g/mol. The van der Waals surface area contributed by atoms with E-state index >= 15 is 0 Å². The predicted molar refractivity (Wildman–Crippen MR) is 73.4 cm³/mol. The van der Waals surface area contributed by atoms with E-state index in [4.69, 9.17) is 0 Å². The Morgan fingerprint density at radius 2 is 2.25 bits per heavy atom. The topological polar surface area (TPSA) is 98.2 Å². The third-order valence-electron chi connectivity index (χ3n) is 3.20. The molecular weight excluding hydrogens is 282 g/mol. The van der Waals surface area contributed by atoms with Crippen LogP contribution in [0.15, 0.2) is 6.07 Å². The number of anilines is 1. The number of carbonyl (C=O) groups is 1. The number of carbonyl (C=O) groups excluding carboxylic acids is 1. The fourth-order valence-corrected chi connectivity index (χ4v) is 3.91. The largest absolute Gasteiger partial charge is 0.463 e. The molecule has 1 unspecified atom stereocenters. The molecule has 1 fully saturated rings. The SMILES string of the molecule is COC(=O)c1nc(C)cc(NCC2CCCS2(=O)=O)n1. The van der Waals surface area contributed by atoms with Gasteiger partial charge in [0, 0.05) is 18.3 Å². The van der Waals surface area contributed by atoms with E-state index in [-0.39, 0.29) is 16.8 Å². The molecule has 1 saturated heterocycles. The van der Waals surface area contributed by atoms with Crippen molar-refractivity contribution in [3.8, 4) is 0 Å². The van der Waals surface area contributed by atoms with E-state index < -0.39 is 15.8 Å². The Labute approximate surface area is 117 Å². The first-order valence-electron chi connectivity index (χ1n) is 6.32. The van der Waals surface area contributed by atoms with Crippen LogP contribution in [0.3, 0.4) is 0 Å². The number of rotatable bonds is 4. The summed E-state index contributed by atoms with van der Waals surface area (Å²) in [7, 11) is -1.74. The lowest BCUT2D eigenvalue weighted by molar-refractivity contribution is 0.0586. The van der Waals surface area contributed by atoms with Crippen LogP contribution in [0.25, 0.3) is 0 Å². The first-order valence-corrected chi connectivity index (χ1v) is 8.03. The number of nitrogens with one attached hydrogen (secondary N) is 1. The van der Waals surface area contributed by atoms with E-state index in [0.717, 1.165) is 0 Å². The van der Waals surface area contributed by atoms with Crippen molar-refractivity contribution in [1.82, 2.24) is 9.97 Å². The average Bonchev–Trinajstić information content (AvgIpc) is 2.73. The molecule has 0 aliphatic carbocycles. The van der Waals surface area contributed by atoms with Crippen LogP contribution in [-0.2, 0) is 14.6 Å². The van der Waals surface area contributed by atoms with Crippen molar-refractivity contribution >= 4 is 21.6 Å². The highest BCUT2D eigenvalue weighted by Gasteiger charge is 2.30. The van der Waals surface area contributed by atoms with Gasteiger partial charge in [0.05, 0.1) is 18.1 Å². The van der Waals surface area contributed by atoms with Gasteiger partial charge in [-0.15, -0.1) is 0 Å². The van der Waals surface area contributed by atoms with Crippen molar-refractivity contribution in [3.05, 3.63) is 17.6 Å². The zero-order valence-corrected chi connectivity index (χ0v) is 12.2. The van der Waals surface area contributed by atoms with Crippen LogP contribution < -0.4 is 5.32 Å². The minimum absolute atomic E-state index is 0.0377. The number of sulfone groups is 1. The maximum absolute atomic E-state index is 11.7. The summed E-state index contributed by atoms with van der Waals surface area (Å²) in [6.45, 7) is 2.02. The molecule has 1 aliphatic heterocycles. The Kier molecular flexibility index (Phi) is 4.22. The number of esters is 1. The smallest absolute Gasteiger partial charge is 0.376 e. The molecule has 20 heavy (non-hydrogen) atoms. The molecule has 0 aromatic carbocycles. The molecule has 1 aromatic rings. The van der Waals surface area contributed by atoms with E-state index in [1.54, 1.807) is 13.0 Å². The number of aromatic nitrogens is 2. The van der Waals surface area contributed by atoms with Crippen molar-refractivity contribution in [2.45, 2.75) is 25.0 Å². The van der Waals surface area contributed by atoms with Gasteiger partial charge in [0.25, 0.3) is 0 Å². The van der Waals surface area contributed by atoms with E-state index in [1.165, 1.54) is 7.11 Å². The molecule has 1 N–H and O–H groups in total. The lowest BCUT2D eigenvalue weighted by Crippen LogP contribution is -2.25. The molecule has 0 spiro atoms. The van der Waals surface area contributed by atoms with E-state index in [2.05, 4.69) is 20.0 Å². The minimum atomic E-state index is -3.00. The Bertz CT molecular complexity index is 615. The number of nitrogens with zero attached hydrogens (tertiary/aromatic N) is 2. The minimum Gasteiger partial charge on any atom is -0.463 e. The molecule has 0 bridgehead atoms. The molecule has 2 rings (SSSR count). The standard InChI is InChI=1S/C12H17N3O4S/c1-8-6-10(15-11(14-8)12(16)19-2)13-7-9-4-3-5-20(9,17)18/h6,9H,3-5,7H2,1-2H3,(H,13,14,15). The van der Waals surface area contributed by atoms with Crippen LogP contribution >= 0.6 is 0 Å². The van der Waals surface area contributed by atoms with Gasteiger partial charge in [-0.25, -0.2) is 23.2 Å². The molecule has 110 valence electrons. The van der Waals surface area contributed by atoms with Crippen molar-refractivity contribution in [2.75, 3.05) is 24.7 Å². The molecule has 7 nitrogen and oxygen atoms in total. The fourth-order valence-electron chi connectivity index (χ4n) is 2.15. The van der Waals surface area contributed by atoms with Crippen LogP contribution in [0, 0.1) is 6.92 Å². The second-order valence-electron chi connectivity index (χ2n) is 4.72. The summed E-state index contributed by atoms with van der Waals surface area (Å²) in [4.78, 5) is 19.4. The summed E-state index contributed by atoms with van der Waals surface area (Å²) < 4.78 is 28.0. The Balaban J connectivity index is 2.10. The summed E-state index contributed by atoms with van der Waals surface area (Å²) in [5.41, 5.74) is 0.608. The lowest BCUT2D eigenvalue weighted by atomic mass is 10.2.